The van der Waals surface area contributed by atoms with E-state index in [0.717, 1.165) is 6.42 Å². The first-order valence-corrected chi connectivity index (χ1v) is 5.09. The smallest absolute Gasteiger partial charge is 0.261 e. The second-order valence-corrected chi connectivity index (χ2v) is 3.79. The number of carbonyl (C=O) groups excluding carboxylic acids is 1. The molecule has 1 fully saturated rings. The maximum Gasteiger partial charge on any atom is 0.261 e. The van der Waals surface area contributed by atoms with Crippen molar-refractivity contribution in [2.75, 3.05) is 20.1 Å². The van der Waals surface area contributed by atoms with Crippen LogP contribution in [0.15, 0.2) is 11.1 Å². The molecule has 1 rings (SSSR count). The lowest BCUT2D eigenvalue weighted by Crippen LogP contribution is -2.41. The Morgan fingerprint density at radius 1 is 1.71 bits per heavy atom. The lowest BCUT2D eigenvalue weighted by Gasteiger charge is -2.28. The number of nitrogens with zero attached hydrogens (tertiary/aromatic N) is 1. The summed E-state index contributed by atoms with van der Waals surface area (Å²) in [6, 6.07) is 0. The zero-order valence-electron chi connectivity index (χ0n) is 8.16. The number of piperidine rings is 1. The zero-order valence-corrected chi connectivity index (χ0v) is 9.06. The Hall–Kier alpha value is -0.710. The molecule has 0 spiro atoms. The van der Waals surface area contributed by atoms with Gasteiger partial charge in [0.2, 0.25) is 0 Å². The molecule has 1 heterocycles. The lowest BCUT2D eigenvalue weighted by atomic mass is 10.1. The van der Waals surface area contributed by atoms with Crippen molar-refractivity contribution in [3.63, 3.8) is 0 Å². The average Bonchev–Trinajstić information content (AvgIpc) is 2.17. The number of hydrogen-bond donors (Lipinski definition) is 2. The molecule has 0 saturated carbocycles. The van der Waals surface area contributed by atoms with Gasteiger partial charge in [-0.3, -0.25) is 4.79 Å². The van der Waals surface area contributed by atoms with E-state index in [4.69, 9.17) is 0 Å². The van der Waals surface area contributed by atoms with Crippen molar-refractivity contribution in [1.29, 1.82) is 0 Å². The van der Waals surface area contributed by atoms with Gasteiger partial charge in [-0.25, -0.2) is 4.39 Å². The summed E-state index contributed by atoms with van der Waals surface area (Å²) in [7, 11) is 1.69. The number of thiol groups is 1. The van der Waals surface area contributed by atoms with Gasteiger partial charge in [-0.05, 0) is 12.8 Å². The summed E-state index contributed by atoms with van der Waals surface area (Å²) in [6.07, 6.45) is 1.91. The van der Waals surface area contributed by atoms with E-state index in [0.29, 0.717) is 17.9 Å². The number of likely N-dealkylation sites (tertiary alicyclic amines) is 1. The molecule has 3 nitrogen and oxygen atoms in total. The molecular formula is C9H15FN2OS. The fourth-order valence-electron chi connectivity index (χ4n) is 1.47. The van der Waals surface area contributed by atoms with Crippen molar-refractivity contribution >= 4 is 18.5 Å². The maximum atomic E-state index is 13.0. The highest BCUT2D eigenvalue weighted by molar-refractivity contribution is 7.85. The number of hydrogen-bond acceptors (Lipinski definition) is 3. The molecule has 0 aliphatic carbocycles. The van der Waals surface area contributed by atoms with Crippen LogP contribution < -0.4 is 5.32 Å². The Morgan fingerprint density at radius 3 is 3.00 bits per heavy atom. The third-order valence-electron chi connectivity index (χ3n) is 2.15. The number of halogens is 1. The fraction of sp³-hybridized carbons (Fsp3) is 0.667. The summed E-state index contributed by atoms with van der Waals surface area (Å²) in [6.45, 7) is 0.821. The Balaban J connectivity index is 2.55. The molecule has 0 aromatic heterocycles. The quantitative estimate of drug-likeness (QED) is 0.534. The first-order chi connectivity index (χ1) is 6.65. The van der Waals surface area contributed by atoms with Crippen LogP contribution >= 0.6 is 12.6 Å². The van der Waals surface area contributed by atoms with Gasteiger partial charge in [-0.15, -0.1) is 12.6 Å². The first-order valence-electron chi connectivity index (χ1n) is 4.65. The molecule has 0 aromatic carbocycles. The number of nitrogens with one attached hydrogen (secondary N) is 1. The number of rotatable bonds is 2. The van der Waals surface area contributed by atoms with Gasteiger partial charge in [-0.2, -0.15) is 0 Å². The van der Waals surface area contributed by atoms with Crippen molar-refractivity contribution in [1.82, 2.24) is 10.2 Å². The second-order valence-electron chi connectivity index (χ2n) is 3.31. The highest BCUT2D eigenvalue weighted by Gasteiger charge is 2.24. The van der Waals surface area contributed by atoms with Gasteiger partial charge in [0.1, 0.15) is 6.17 Å². The molecule has 1 amide bonds. The van der Waals surface area contributed by atoms with Crippen LogP contribution in [0.1, 0.15) is 12.8 Å². The number of alkyl halides is 1. The maximum absolute atomic E-state index is 13.0. The minimum atomic E-state index is -0.886. The summed E-state index contributed by atoms with van der Waals surface area (Å²) in [5, 5.41) is 2.72. The fourth-order valence-corrected chi connectivity index (χ4v) is 1.74. The topological polar surface area (TPSA) is 32.3 Å². The van der Waals surface area contributed by atoms with Crippen LogP contribution in [0.5, 0.6) is 0 Å². The largest absolute Gasteiger partial charge is 0.393 e. The molecule has 1 unspecified atom stereocenters. The third-order valence-corrected chi connectivity index (χ3v) is 2.47. The summed E-state index contributed by atoms with van der Waals surface area (Å²) >= 11 is 4.03. The molecule has 0 bridgehead atoms. The normalized spacial score (nSPS) is 23.5. The summed E-state index contributed by atoms with van der Waals surface area (Å²) in [4.78, 5) is 13.4. The van der Waals surface area contributed by atoms with Gasteiger partial charge in [0, 0.05) is 19.8 Å². The SMILES string of the molecule is CN/C=C(\S)C(=O)N1CCCC(F)C1. The predicted molar refractivity (Wildman–Crippen MR) is 56.8 cm³/mol. The summed E-state index contributed by atoms with van der Waals surface area (Å²) in [5.74, 6) is -0.204. The van der Waals surface area contributed by atoms with E-state index in [2.05, 4.69) is 17.9 Å². The predicted octanol–water partition coefficient (Wildman–Crippen LogP) is 0.938. The lowest BCUT2D eigenvalue weighted by molar-refractivity contribution is -0.128. The van der Waals surface area contributed by atoms with E-state index in [1.807, 2.05) is 0 Å². The van der Waals surface area contributed by atoms with Gasteiger partial charge in [0.05, 0.1) is 11.4 Å². The van der Waals surface area contributed by atoms with E-state index in [-0.39, 0.29) is 12.5 Å². The molecule has 1 aliphatic heterocycles. The molecule has 1 aliphatic rings. The first kappa shape index (κ1) is 11.4. The molecule has 14 heavy (non-hydrogen) atoms. The molecule has 80 valence electrons. The van der Waals surface area contributed by atoms with Gasteiger partial charge >= 0.3 is 0 Å². The van der Waals surface area contributed by atoms with Crippen LogP contribution in [0, 0.1) is 0 Å². The van der Waals surface area contributed by atoms with Crippen LogP contribution in [0.25, 0.3) is 0 Å². The molecular weight excluding hydrogens is 203 g/mol. The molecule has 1 N–H and O–H groups in total. The van der Waals surface area contributed by atoms with Crippen molar-refractivity contribution in [3.05, 3.63) is 11.1 Å². The Labute approximate surface area is 88.8 Å². The number of carbonyl (C=O) groups is 1. The number of amides is 1. The standard InChI is InChI=1S/C9H15FN2OS/c1-11-5-8(14)9(13)12-4-2-3-7(10)6-12/h5,7,11,14H,2-4,6H2,1H3/b8-5-. The van der Waals surface area contributed by atoms with Gasteiger partial charge in [-0.1, -0.05) is 0 Å². The van der Waals surface area contributed by atoms with Crippen LogP contribution in [-0.2, 0) is 4.79 Å². The van der Waals surface area contributed by atoms with Gasteiger partial charge in [0.25, 0.3) is 5.91 Å². The van der Waals surface area contributed by atoms with Crippen LogP contribution in [0.4, 0.5) is 4.39 Å². The third kappa shape index (κ3) is 2.90. The molecule has 0 radical (unpaired) electrons. The molecule has 1 atom stereocenters. The Bertz CT molecular complexity index is 245. The Morgan fingerprint density at radius 2 is 2.43 bits per heavy atom. The van der Waals surface area contributed by atoms with E-state index in [1.54, 1.807) is 7.05 Å². The molecule has 5 heteroatoms. The van der Waals surface area contributed by atoms with E-state index >= 15 is 0 Å². The van der Waals surface area contributed by atoms with E-state index in [9.17, 15) is 9.18 Å². The van der Waals surface area contributed by atoms with Crippen molar-refractivity contribution in [2.24, 2.45) is 0 Å². The minimum absolute atomic E-state index is 0.195. The van der Waals surface area contributed by atoms with Gasteiger partial charge < -0.3 is 10.2 Å². The highest BCUT2D eigenvalue weighted by Crippen LogP contribution is 2.16. The average molecular weight is 218 g/mol. The Kier molecular flexibility index (Phi) is 4.25. The summed E-state index contributed by atoms with van der Waals surface area (Å²) < 4.78 is 13.0. The van der Waals surface area contributed by atoms with Gasteiger partial charge in [0.15, 0.2) is 0 Å². The molecule has 0 aromatic rings. The molecule has 1 saturated heterocycles. The van der Waals surface area contributed by atoms with Crippen molar-refractivity contribution in [2.45, 2.75) is 19.0 Å². The van der Waals surface area contributed by atoms with Crippen molar-refractivity contribution in [3.8, 4) is 0 Å². The van der Waals surface area contributed by atoms with Crippen LogP contribution in [-0.4, -0.2) is 37.1 Å². The van der Waals surface area contributed by atoms with E-state index in [1.165, 1.54) is 11.1 Å². The second kappa shape index (κ2) is 5.24. The van der Waals surface area contributed by atoms with Crippen LogP contribution in [0.3, 0.4) is 0 Å². The van der Waals surface area contributed by atoms with Crippen molar-refractivity contribution < 1.29 is 9.18 Å². The highest BCUT2D eigenvalue weighted by atomic mass is 32.1. The zero-order chi connectivity index (χ0) is 10.6. The van der Waals surface area contributed by atoms with E-state index < -0.39 is 6.17 Å². The minimum Gasteiger partial charge on any atom is -0.393 e. The summed E-state index contributed by atoms with van der Waals surface area (Å²) in [5.41, 5.74) is 0. The monoisotopic (exact) mass is 218 g/mol. The van der Waals surface area contributed by atoms with Crippen LogP contribution in [0.2, 0.25) is 0 Å².